The van der Waals surface area contributed by atoms with E-state index in [9.17, 15) is 4.79 Å². The molecule has 0 spiro atoms. The van der Waals surface area contributed by atoms with Gasteiger partial charge in [0.1, 0.15) is 11.4 Å². The van der Waals surface area contributed by atoms with Gasteiger partial charge >= 0.3 is 0 Å². The van der Waals surface area contributed by atoms with Crippen LogP contribution >= 0.6 is 23.1 Å². The lowest BCUT2D eigenvalue weighted by atomic mass is 10.0. The Bertz CT molecular complexity index is 979. The van der Waals surface area contributed by atoms with Crippen molar-refractivity contribution in [3.63, 3.8) is 0 Å². The minimum atomic E-state index is 0. The molecule has 0 saturated carbocycles. The zero-order chi connectivity index (χ0) is 16.9. The Morgan fingerprint density at radius 2 is 1.96 bits per heavy atom. The smallest absolute Gasteiger partial charge is 0.267 e. The SMILES string of the molecule is CSc1nc2sc3c(c2c(=O)n1-c1ccccc1)CC[N+](C)(C)C3.[Cl-]. The van der Waals surface area contributed by atoms with Crippen LogP contribution in [0, 0.1) is 0 Å². The lowest BCUT2D eigenvalue weighted by molar-refractivity contribution is -0.905. The molecule has 132 valence electrons. The summed E-state index contributed by atoms with van der Waals surface area (Å²) in [5, 5.41) is 1.59. The summed E-state index contributed by atoms with van der Waals surface area (Å²) in [7, 11) is 4.49. The fraction of sp³-hybridized carbons (Fsp3) is 0.333. The standard InChI is InChI=1S/C18H20N3OS2.ClH/c1-21(2)10-9-13-14(11-21)24-16-15(13)17(22)20(18(19-16)23-3)12-7-5-4-6-8-12;/h4-8H,9-11H2,1-3H3;1H/q+1;/p-1. The molecule has 1 aliphatic rings. The van der Waals surface area contributed by atoms with Crippen LogP contribution in [0.25, 0.3) is 15.9 Å². The van der Waals surface area contributed by atoms with Crippen LogP contribution in [-0.2, 0) is 13.0 Å². The highest BCUT2D eigenvalue weighted by molar-refractivity contribution is 7.98. The number of halogens is 1. The van der Waals surface area contributed by atoms with Gasteiger partial charge in [-0.15, -0.1) is 11.3 Å². The van der Waals surface area contributed by atoms with Crippen LogP contribution in [0.4, 0.5) is 0 Å². The zero-order valence-electron chi connectivity index (χ0n) is 14.5. The van der Waals surface area contributed by atoms with Gasteiger partial charge in [-0.3, -0.25) is 9.36 Å². The number of hydrogen-bond acceptors (Lipinski definition) is 4. The second-order valence-corrected chi connectivity index (χ2v) is 8.68. The molecule has 0 saturated heterocycles. The van der Waals surface area contributed by atoms with E-state index in [1.807, 2.05) is 36.6 Å². The first-order valence-electron chi connectivity index (χ1n) is 7.99. The molecule has 1 aromatic carbocycles. The van der Waals surface area contributed by atoms with Gasteiger partial charge in [-0.2, -0.15) is 0 Å². The van der Waals surface area contributed by atoms with Gasteiger partial charge in [-0.05, 0) is 24.0 Å². The first-order chi connectivity index (χ1) is 11.5. The van der Waals surface area contributed by atoms with E-state index in [-0.39, 0.29) is 18.0 Å². The number of aromatic nitrogens is 2. The average Bonchev–Trinajstić information content (AvgIpc) is 2.91. The first-order valence-corrected chi connectivity index (χ1v) is 10.0. The summed E-state index contributed by atoms with van der Waals surface area (Å²) >= 11 is 3.22. The second-order valence-electron chi connectivity index (χ2n) is 6.83. The van der Waals surface area contributed by atoms with Gasteiger partial charge in [0.15, 0.2) is 5.16 Å². The molecule has 0 aliphatic carbocycles. The van der Waals surface area contributed by atoms with Crippen LogP contribution < -0.4 is 18.0 Å². The monoisotopic (exact) mass is 393 g/mol. The van der Waals surface area contributed by atoms with Crippen LogP contribution in [-0.4, -0.2) is 40.9 Å². The highest BCUT2D eigenvalue weighted by Crippen LogP contribution is 2.35. The van der Waals surface area contributed by atoms with E-state index in [1.165, 1.54) is 22.2 Å². The minimum Gasteiger partial charge on any atom is -1.00 e. The topological polar surface area (TPSA) is 34.9 Å². The Balaban J connectivity index is 0.00000182. The minimum absolute atomic E-state index is 0. The highest BCUT2D eigenvalue weighted by Gasteiger charge is 2.30. The van der Waals surface area contributed by atoms with E-state index in [0.29, 0.717) is 0 Å². The van der Waals surface area contributed by atoms with Crippen LogP contribution in [0.15, 0.2) is 40.3 Å². The Morgan fingerprint density at radius 3 is 2.64 bits per heavy atom. The summed E-state index contributed by atoms with van der Waals surface area (Å²) in [4.78, 5) is 20.4. The number of fused-ring (bicyclic) bond motifs is 3. The lowest BCUT2D eigenvalue weighted by Crippen LogP contribution is -3.00. The van der Waals surface area contributed by atoms with Gasteiger partial charge < -0.3 is 16.9 Å². The van der Waals surface area contributed by atoms with E-state index in [2.05, 4.69) is 14.1 Å². The van der Waals surface area contributed by atoms with Crippen LogP contribution in [0.3, 0.4) is 0 Å². The molecule has 4 nitrogen and oxygen atoms in total. The molecule has 0 amide bonds. The van der Waals surface area contributed by atoms with Gasteiger partial charge in [0.05, 0.1) is 36.6 Å². The number of para-hydroxylation sites is 1. The number of thiophene rings is 1. The normalized spacial score (nSPS) is 15.6. The van der Waals surface area contributed by atoms with Crippen molar-refractivity contribution in [2.45, 2.75) is 18.1 Å². The summed E-state index contributed by atoms with van der Waals surface area (Å²) < 4.78 is 2.73. The summed E-state index contributed by atoms with van der Waals surface area (Å²) in [6.45, 7) is 2.05. The van der Waals surface area contributed by atoms with E-state index in [1.54, 1.807) is 15.9 Å². The summed E-state index contributed by atoms with van der Waals surface area (Å²) in [6.07, 6.45) is 2.92. The molecule has 3 aromatic rings. The molecular weight excluding hydrogens is 374 g/mol. The number of hydrogen-bond donors (Lipinski definition) is 0. The number of quaternary nitrogens is 1. The molecule has 1 aliphatic heterocycles. The van der Waals surface area contributed by atoms with Crippen LogP contribution in [0.2, 0.25) is 0 Å². The number of benzene rings is 1. The Labute approximate surface area is 161 Å². The van der Waals surface area contributed by atoms with Crippen LogP contribution in [0.5, 0.6) is 0 Å². The molecule has 0 atom stereocenters. The molecular formula is C18H20ClN3OS2. The zero-order valence-corrected chi connectivity index (χ0v) is 16.8. The third-order valence-corrected chi connectivity index (χ3v) is 6.36. The predicted molar refractivity (Wildman–Crippen MR) is 101 cm³/mol. The molecule has 0 unspecified atom stereocenters. The second kappa shape index (κ2) is 6.76. The molecule has 0 radical (unpaired) electrons. The maximum Gasteiger partial charge on any atom is 0.267 e. The molecule has 2 aromatic heterocycles. The summed E-state index contributed by atoms with van der Waals surface area (Å²) in [5.74, 6) is 0. The van der Waals surface area contributed by atoms with E-state index in [0.717, 1.165) is 45.1 Å². The van der Waals surface area contributed by atoms with Crippen molar-refractivity contribution >= 4 is 33.3 Å². The molecule has 3 heterocycles. The number of likely N-dealkylation sites (N-methyl/N-ethyl adjacent to an activating group) is 1. The Morgan fingerprint density at radius 1 is 1.24 bits per heavy atom. The highest BCUT2D eigenvalue weighted by atomic mass is 35.5. The van der Waals surface area contributed by atoms with Crippen molar-refractivity contribution in [2.75, 3.05) is 26.9 Å². The Hall–Kier alpha value is -1.34. The molecule has 0 N–H and O–H groups in total. The lowest BCUT2D eigenvalue weighted by Gasteiger charge is -2.33. The quantitative estimate of drug-likeness (QED) is 0.357. The maximum absolute atomic E-state index is 13.3. The van der Waals surface area contributed by atoms with Gasteiger partial charge in [-0.25, -0.2) is 4.98 Å². The van der Waals surface area contributed by atoms with Crippen molar-refractivity contribution in [3.05, 3.63) is 51.1 Å². The fourth-order valence-corrected chi connectivity index (χ4v) is 5.38. The van der Waals surface area contributed by atoms with Gasteiger partial charge in [-0.1, -0.05) is 30.0 Å². The van der Waals surface area contributed by atoms with Gasteiger partial charge in [0, 0.05) is 6.42 Å². The van der Waals surface area contributed by atoms with E-state index in [4.69, 9.17) is 4.98 Å². The van der Waals surface area contributed by atoms with Crippen molar-refractivity contribution in [1.29, 1.82) is 0 Å². The van der Waals surface area contributed by atoms with Crippen LogP contribution in [0.1, 0.15) is 10.4 Å². The Kier molecular flexibility index (Phi) is 4.99. The molecule has 25 heavy (non-hydrogen) atoms. The summed E-state index contributed by atoms with van der Waals surface area (Å²) in [6, 6.07) is 9.81. The van der Waals surface area contributed by atoms with E-state index < -0.39 is 0 Å². The number of thioether (sulfide) groups is 1. The van der Waals surface area contributed by atoms with Crippen molar-refractivity contribution in [3.8, 4) is 5.69 Å². The largest absolute Gasteiger partial charge is 1.00 e. The molecule has 0 fully saturated rings. The van der Waals surface area contributed by atoms with Crippen molar-refractivity contribution < 1.29 is 16.9 Å². The first kappa shape index (κ1) is 18.5. The van der Waals surface area contributed by atoms with Crippen molar-refractivity contribution in [1.82, 2.24) is 9.55 Å². The van der Waals surface area contributed by atoms with Crippen molar-refractivity contribution in [2.24, 2.45) is 0 Å². The number of rotatable bonds is 2. The molecule has 0 bridgehead atoms. The van der Waals surface area contributed by atoms with Gasteiger partial charge in [0.2, 0.25) is 0 Å². The predicted octanol–water partition coefficient (Wildman–Crippen LogP) is 0.306. The van der Waals surface area contributed by atoms with Gasteiger partial charge in [0.25, 0.3) is 5.56 Å². The summed E-state index contributed by atoms with van der Waals surface area (Å²) in [5.41, 5.74) is 2.18. The van der Waals surface area contributed by atoms with E-state index >= 15 is 0 Å². The number of nitrogens with zero attached hydrogens (tertiary/aromatic N) is 3. The third-order valence-electron chi connectivity index (χ3n) is 4.61. The molecule has 7 heteroatoms. The molecule has 4 rings (SSSR count). The fourth-order valence-electron chi connectivity index (χ4n) is 3.35. The maximum atomic E-state index is 13.3. The third kappa shape index (κ3) is 3.12. The average molecular weight is 394 g/mol.